The van der Waals surface area contributed by atoms with Crippen LogP contribution >= 0.6 is 0 Å². The molecule has 7 heteroatoms. The molecule has 6 nitrogen and oxygen atoms in total. The van der Waals surface area contributed by atoms with Crippen molar-refractivity contribution in [3.8, 4) is 0 Å². The maximum absolute atomic E-state index is 12.1. The molecule has 94 valence electrons. The molecule has 0 aromatic heterocycles. The van der Waals surface area contributed by atoms with E-state index >= 15 is 0 Å². The van der Waals surface area contributed by atoms with Crippen LogP contribution in [0.1, 0.15) is 13.8 Å². The minimum absolute atomic E-state index is 0.0905. The molecular weight excluding hydrogens is 244 g/mol. The monoisotopic (exact) mass is 258 g/mol. The van der Waals surface area contributed by atoms with E-state index in [4.69, 9.17) is 0 Å². The fourth-order valence-electron chi connectivity index (χ4n) is 2.05. The van der Waals surface area contributed by atoms with Gasteiger partial charge in [-0.25, -0.2) is 8.42 Å². The second-order valence-corrected chi connectivity index (χ2v) is 6.76. The van der Waals surface area contributed by atoms with E-state index in [1.54, 1.807) is 13.8 Å². The Morgan fingerprint density at radius 2 is 2.06 bits per heavy atom. The molecule has 1 saturated heterocycles. The van der Waals surface area contributed by atoms with Gasteiger partial charge in [-0.3, -0.25) is 9.59 Å². The lowest BCUT2D eigenvalue weighted by molar-refractivity contribution is -0.149. The highest BCUT2D eigenvalue weighted by Crippen LogP contribution is 2.21. The first-order valence-corrected chi connectivity index (χ1v) is 6.96. The third-order valence-corrected chi connectivity index (χ3v) is 4.25. The molecular formula is C10H14N2O4S. The summed E-state index contributed by atoms with van der Waals surface area (Å²) in [6, 6.07) is -0.530. The van der Waals surface area contributed by atoms with Crippen molar-refractivity contribution in [2.45, 2.75) is 25.4 Å². The van der Waals surface area contributed by atoms with Crippen molar-refractivity contribution in [1.29, 1.82) is 0 Å². The van der Waals surface area contributed by atoms with E-state index in [9.17, 15) is 18.0 Å². The van der Waals surface area contributed by atoms with Crippen molar-refractivity contribution in [1.82, 2.24) is 10.2 Å². The third-order valence-electron chi connectivity index (χ3n) is 2.87. The molecule has 0 bridgehead atoms. The summed E-state index contributed by atoms with van der Waals surface area (Å²) >= 11 is 0. The summed E-state index contributed by atoms with van der Waals surface area (Å²) in [7, 11) is -3.23. The molecule has 2 rings (SSSR count). The summed E-state index contributed by atoms with van der Waals surface area (Å²) in [6.07, 6.45) is 1.46. The molecule has 1 unspecified atom stereocenters. The number of hydrogen-bond acceptors (Lipinski definition) is 4. The van der Waals surface area contributed by atoms with E-state index in [1.165, 1.54) is 11.0 Å². The smallest absolute Gasteiger partial charge is 0.248 e. The second-order valence-electron chi connectivity index (χ2n) is 4.83. The van der Waals surface area contributed by atoms with E-state index in [2.05, 4.69) is 5.32 Å². The molecule has 0 spiro atoms. The first-order chi connectivity index (χ1) is 7.71. The van der Waals surface area contributed by atoms with Gasteiger partial charge in [-0.1, -0.05) is 0 Å². The van der Waals surface area contributed by atoms with Gasteiger partial charge in [-0.2, -0.15) is 0 Å². The standard InChI is InChI=1S/C10H14N2O4S/c1-10(2)9(14)12(5-8(13)11-10)7-3-4-17(15,16)6-7/h3-4,7H,5-6H2,1-2H3,(H,11,13). The Bertz CT molecular complexity index is 506. The summed E-state index contributed by atoms with van der Waals surface area (Å²) in [6.45, 7) is 3.12. The molecule has 2 aliphatic rings. The van der Waals surface area contributed by atoms with Gasteiger partial charge in [-0.15, -0.1) is 0 Å². The average molecular weight is 258 g/mol. The van der Waals surface area contributed by atoms with Crippen molar-refractivity contribution in [2.24, 2.45) is 0 Å². The van der Waals surface area contributed by atoms with Crippen LogP contribution in [0.25, 0.3) is 0 Å². The summed E-state index contributed by atoms with van der Waals surface area (Å²) in [5.41, 5.74) is -0.977. The molecule has 2 heterocycles. The Morgan fingerprint density at radius 1 is 1.41 bits per heavy atom. The molecule has 2 aliphatic heterocycles. The van der Waals surface area contributed by atoms with Gasteiger partial charge in [0.15, 0.2) is 9.84 Å². The molecule has 0 aliphatic carbocycles. The van der Waals surface area contributed by atoms with E-state index in [0.717, 1.165) is 5.41 Å². The van der Waals surface area contributed by atoms with Crippen molar-refractivity contribution < 1.29 is 18.0 Å². The topological polar surface area (TPSA) is 83.6 Å². The summed E-state index contributed by atoms with van der Waals surface area (Å²) in [4.78, 5) is 24.9. The predicted molar refractivity (Wildman–Crippen MR) is 60.6 cm³/mol. The molecule has 0 saturated carbocycles. The zero-order chi connectivity index (χ0) is 12.8. The van der Waals surface area contributed by atoms with Crippen LogP contribution in [0.5, 0.6) is 0 Å². The number of nitrogens with one attached hydrogen (secondary N) is 1. The molecule has 1 atom stereocenters. The van der Waals surface area contributed by atoms with E-state index in [0.29, 0.717) is 0 Å². The first-order valence-electron chi connectivity index (χ1n) is 5.24. The highest BCUT2D eigenvalue weighted by atomic mass is 32.2. The quantitative estimate of drug-likeness (QED) is 0.656. The molecule has 1 fully saturated rings. The second kappa shape index (κ2) is 3.56. The maximum atomic E-state index is 12.1. The van der Waals surface area contributed by atoms with Gasteiger partial charge in [0.2, 0.25) is 11.8 Å². The normalized spacial score (nSPS) is 30.5. The molecule has 1 N–H and O–H groups in total. The van der Waals surface area contributed by atoms with Gasteiger partial charge >= 0.3 is 0 Å². The zero-order valence-electron chi connectivity index (χ0n) is 9.63. The summed E-state index contributed by atoms with van der Waals surface area (Å²) < 4.78 is 22.6. The van der Waals surface area contributed by atoms with E-state index in [-0.39, 0.29) is 24.1 Å². The zero-order valence-corrected chi connectivity index (χ0v) is 10.5. The highest BCUT2D eigenvalue weighted by molar-refractivity contribution is 7.94. The number of carbonyl (C=O) groups is 2. The Kier molecular flexibility index (Phi) is 2.53. The minimum Gasteiger partial charge on any atom is -0.341 e. The van der Waals surface area contributed by atoms with Crippen molar-refractivity contribution >= 4 is 21.7 Å². The number of amides is 2. The molecule has 2 amide bonds. The third kappa shape index (κ3) is 2.19. The highest BCUT2D eigenvalue weighted by Gasteiger charge is 2.43. The Labute approximate surface area is 99.6 Å². The first kappa shape index (κ1) is 12.1. The number of sulfone groups is 1. The predicted octanol–water partition coefficient (Wildman–Crippen LogP) is -0.966. The Balaban J connectivity index is 2.25. The lowest BCUT2D eigenvalue weighted by Crippen LogP contribution is -2.65. The van der Waals surface area contributed by atoms with Crippen LogP contribution in [0.15, 0.2) is 11.5 Å². The number of rotatable bonds is 1. The fourth-order valence-corrected chi connectivity index (χ4v) is 3.35. The van der Waals surface area contributed by atoms with Crippen molar-refractivity contribution in [2.75, 3.05) is 12.3 Å². The Hall–Kier alpha value is -1.37. The van der Waals surface area contributed by atoms with Crippen LogP contribution in [0.2, 0.25) is 0 Å². The van der Waals surface area contributed by atoms with Crippen LogP contribution in [0, 0.1) is 0 Å². The largest absolute Gasteiger partial charge is 0.341 e. The van der Waals surface area contributed by atoms with Crippen LogP contribution in [0.3, 0.4) is 0 Å². The van der Waals surface area contributed by atoms with Crippen LogP contribution < -0.4 is 5.32 Å². The van der Waals surface area contributed by atoms with Crippen molar-refractivity contribution in [3.63, 3.8) is 0 Å². The van der Waals surface area contributed by atoms with E-state index < -0.39 is 21.4 Å². The van der Waals surface area contributed by atoms with Gasteiger partial charge in [0.05, 0.1) is 11.8 Å². The number of piperazine rings is 1. The fraction of sp³-hybridized carbons (Fsp3) is 0.600. The van der Waals surface area contributed by atoms with Gasteiger partial charge in [0.25, 0.3) is 0 Å². The lowest BCUT2D eigenvalue weighted by Gasteiger charge is -2.39. The van der Waals surface area contributed by atoms with Crippen LogP contribution in [-0.4, -0.2) is 49.0 Å². The maximum Gasteiger partial charge on any atom is 0.248 e. The van der Waals surface area contributed by atoms with Gasteiger partial charge in [-0.05, 0) is 19.9 Å². The average Bonchev–Trinajstić information content (AvgIpc) is 2.51. The van der Waals surface area contributed by atoms with Crippen molar-refractivity contribution in [3.05, 3.63) is 11.5 Å². The number of carbonyl (C=O) groups excluding carboxylic acids is 2. The van der Waals surface area contributed by atoms with Crippen LogP contribution in [-0.2, 0) is 19.4 Å². The Morgan fingerprint density at radius 3 is 2.59 bits per heavy atom. The number of nitrogens with zero attached hydrogens (tertiary/aromatic N) is 1. The molecule has 0 radical (unpaired) electrons. The van der Waals surface area contributed by atoms with Gasteiger partial charge in [0, 0.05) is 5.41 Å². The molecule has 0 aromatic rings. The van der Waals surface area contributed by atoms with Gasteiger partial charge < -0.3 is 10.2 Å². The molecule has 17 heavy (non-hydrogen) atoms. The summed E-state index contributed by atoms with van der Waals surface area (Å²) in [5.74, 6) is -0.668. The summed E-state index contributed by atoms with van der Waals surface area (Å²) in [5, 5.41) is 3.68. The molecule has 0 aromatic carbocycles. The van der Waals surface area contributed by atoms with Gasteiger partial charge in [0.1, 0.15) is 12.1 Å². The van der Waals surface area contributed by atoms with Crippen LogP contribution in [0.4, 0.5) is 0 Å². The minimum atomic E-state index is -3.23. The SMILES string of the molecule is CC1(C)NC(=O)CN(C2C=CS(=O)(=O)C2)C1=O. The van der Waals surface area contributed by atoms with E-state index in [1.807, 2.05) is 0 Å². The lowest BCUT2D eigenvalue weighted by atomic mass is 9.99. The number of hydrogen-bond donors (Lipinski definition) is 1.